The third kappa shape index (κ3) is 9.71. The van der Waals surface area contributed by atoms with Crippen LogP contribution in [0.5, 0.6) is 0 Å². The standard InChI is InChI=1S/C31H53N5O8/c1-3-4-5-6-7-8-9-10-11-12-13-14-15-16-18-33-29(41)24-27(43-23(20-32)36(24)21(2)37)28-25(39)26(40)30(44-28)35-19-17-22(38)34-31(35)42/h17,19,23-28,30,39-40H,3-16,18,20,32H2,1-2H3,(H,33,41)(H,34,38,42)/t23-,24+,25+,26-,27+,28+,30-/m1/s1. The molecule has 2 saturated heterocycles. The number of H-pyrrole nitrogens is 1. The summed E-state index contributed by atoms with van der Waals surface area (Å²) in [6, 6.07) is -0.0933. The van der Waals surface area contributed by atoms with E-state index in [9.17, 15) is 29.4 Å². The third-order valence-corrected chi connectivity index (χ3v) is 8.62. The summed E-state index contributed by atoms with van der Waals surface area (Å²) in [5.41, 5.74) is 4.38. The Labute approximate surface area is 259 Å². The second kappa shape index (κ2) is 18.4. The maximum atomic E-state index is 13.4. The van der Waals surface area contributed by atoms with Gasteiger partial charge in [-0.2, -0.15) is 0 Å². The molecule has 2 aliphatic heterocycles. The van der Waals surface area contributed by atoms with Crippen molar-refractivity contribution in [1.29, 1.82) is 0 Å². The van der Waals surface area contributed by atoms with E-state index in [1.807, 2.05) is 0 Å². The van der Waals surface area contributed by atoms with Crippen molar-refractivity contribution in [2.45, 2.75) is 147 Å². The average Bonchev–Trinajstić information content (AvgIpc) is 3.52. The molecule has 13 nitrogen and oxygen atoms in total. The SMILES string of the molecule is CCCCCCCCCCCCCCCCNC(=O)[C@@H]1[C@@H]([C@H]2O[C@@H](n3ccc(=O)[nH]c3=O)[C@H](O)[C@@H]2O)O[C@H](CN)N1C(C)=O. The monoisotopic (exact) mass is 623 g/mol. The second-order valence-corrected chi connectivity index (χ2v) is 12.0. The van der Waals surface area contributed by atoms with Gasteiger partial charge in [0.25, 0.3) is 5.56 Å². The lowest BCUT2D eigenvalue weighted by atomic mass is 9.98. The number of aliphatic hydroxyl groups is 2. The first-order valence-electron chi connectivity index (χ1n) is 16.5. The van der Waals surface area contributed by atoms with Gasteiger partial charge in [0.15, 0.2) is 6.23 Å². The molecule has 2 aliphatic rings. The lowest BCUT2D eigenvalue weighted by Crippen LogP contribution is -2.56. The number of rotatable bonds is 19. The van der Waals surface area contributed by atoms with Gasteiger partial charge in [0.05, 0.1) is 0 Å². The van der Waals surface area contributed by atoms with Crippen LogP contribution >= 0.6 is 0 Å². The number of aromatic nitrogens is 2. The fourth-order valence-electron chi connectivity index (χ4n) is 6.21. The topological polar surface area (TPSA) is 189 Å². The molecule has 1 aromatic rings. The minimum Gasteiger partial charge on any atom is -0.387 e. The van der Waals surface area contributed by atoms with Crippen molar-refractivity contribution in [3.63, 3.8) is 0 Å². The predicted octanol–water partition coefficient (Wildman–Crippen LogP) is 1.65. The number of aliphatic hydroxyl groups excluding tert-OH is 2. The fraction of sp³-hybridized carbons (Fsp3) is 0.806. The molecule has 3 rings (SSSR count). The summed E-state index contributed by atoms with van der Waals surface area (Å²) in [5, 5.41) is 24.5. The molecule has 0 unspecified atom stereocenters. The third-order valence-electron chi connectivity index (χ3n) is 8.62. The predicted molar refractivity (Wildman–Crippen MR) is 165 cm³/mol. The molecule has 6 N–H and O–H groups in total. The van der Waals surface area contributed by atoms with Gasteiger partial charge in [-0.1, -0.05) is 90.4 Å². The highest BCUT2D eigenvalue weighted by molar-refractivity contribution is 5.88. The van der Waals surface area contributed by atoms with Crippen LogP contribution in [0.3, 0.4) is 0 Å². The van der Waals surface area contributed by atoms with Crippen LogP contribution in [0.2, 0.25) is 0 Å². The quantitative estimate of drug-likeness (QED) is 0.143. The largest absolute Gasteiger partial charge is 0.387 e. The average molecular weight is 624 g/mol. The molecular weight excluding hydrogens is 570 g/mol. The Bertz CT molecular complexity index is 1140. The van der Waals surface area contributed by atoms with E-state index >= 15 is 0 Å². The van der Waals surface area contributed by atoms with Crippen LogP contribution in [0.1, 0.15) is 110 Å². The van der Waals surface area contributed by atoms with Crippen LogP contribution in [0.15, 0.2) is 21.9 Å². The van der Waals surface area contributed by atoms with Crippen molar-refractivity contribution >= 4 is 11.8 Å². The number of carbonyl (C=O) groups excluding carboxylic acids is 2. The number of hydrogen-bond donors (Lipinski definition) is 5. The van der Waals surface area contributed by atoms with Gasteiger partial charge in [-0.25, -0.2) is 4.79 Å². The van der Waals surface area contributed by atoms with E-state index in [0.717, 1.165) is 42.5 Å². The maximum absolute atomic E-state index is 13.4. The van der Waals surface area contributed by atoms with Gasteiger partial charge in [-0.15, -0.1) is 0 Å². The minimum absolute atomic E-state index is 0.104. The molecule has 0 spiro atoms. The van der Waals surface area contributed by atoms with Gasteiger partial charge < -0.3 is 35.6 Å². The number of nitrogens with zero attached hydrogens (tertiary/aromatic N) is 2. The number of aromatic amines is 1. The molecule has 2 fully saturated rings. The van der Waals surface area contributed by atoms with Crippen LogP contribution in [-0.4, -0.2) is 86.3 Å². The summed E-state index contributed by atoms with van der Waals surface area (Å²) in [7, 11) is 0. The number of nitrogens with two attached hydrogens (primary N) is 1. The lowest BCUT2D eigenvalue weighted by Gasteiger charge is -2.29. The van der Waals surface area contributed by atoms with Crippen molar-refractivity contribution < 1.29 is 29.3 Å². The number of unbranched alkanes of at least 4 members (excludes halogenated alkanes) is 13. The van der Waals surface area contributed by atoms with Gasteiger partial charge in [-0.05, 0) is 6.42 Å². The molecule has 44 heavy (non-hydrogen) atoms. The first kappa shape index (κ1) is 35.9. The molecule has 0 bridgehead atoms. The van der Waals surface area contributed by atoms with Gasteiger partial charge in [-0.3, -0.25) is 23.9 Å². The Morgan fingerprint density at radius 2 is 1.45 bits per heavy atom. The molecule has 0 radical (unpaired) electrons. The van der Waals surface area contributed by atoms with Crippen LogP contribution in [0.4, 0.5) is 0 Å². The molecule has 1 aromatic heterocycles. The summed E-state index contributed by atoms with van der Waals surface area (Å²) in [6.45, 7) is 3.84. The Balaban J connectivity index is 1.48. The number of ether oxygens (including phenoxy) is 2. The van der Waals surface area contributed by atoms with E-state index in [1.54, 1.807) is 0 Å². The van der Waals surface area contributed by atoms with Crippen LogP contribution in [-0.2, 0) is 19.1 Å². The number of nitrogens with one attached hydrogen (secondary N) is 2. The Kier molecular flexibility index (Phi) is 15.0. The van der Waals surface area contributed by atoms with Crippen molar-refractivity contribution in [3.8, 4) is 0 Å². The zero-order valence-electron chi connectivity index (χ0n) is 26.3. The molecule has 7 atom stereocenters. The normalized spacial score (nSPS) is 26.8. The number of hydrogen-bond acceptors (Lipinski definition) is 9. The van der Waals surface area contributed by atoms with Crippen molar-refractivity contribution in [2.24, 2.45) is 5.73 Å². The van der Waals surface area contributed by atoms with Crippen molar-refractivity contribution in [1.82, 2.24) is 19.8 Å². The van der Waals surface area contributed by atoms with E-state index < -0.39 is 66.0 Å². The highest BCUT2D eigenvalue weighted by Crippen LogP contribution is 2.36. The van der Waals surface area contributed by atoms with E-state index in [2.05, 4.69) is 17.2 Å². The van der Waals surface area contributed by atoms with E-state index in [4.69, 9.17) is 15.2 Å². The summed E-state index contributed by atoms with van der Waals surface area (Å²) in [5.74, 6) is -0.924. The zero-order chi connectivity index (χ0) is 32.1. The fourth-order valence-corrected chi connectivity index (χ4v) is 6.21. The van der Waals surface area contributed by atoms with Crippen LogP contribution in [0.25, 0.3) is 0 Å². The van der Waals surface area contributed by atoms with E-state index in [0.29, 0.717) is 6.54 Å². The summed E-state index contributed by atoms with van der Waals surface area (Å²) in [6.07, 6.45) is 10.4. The molecule has 2 amide bonds. The van der Waals surface area contributed by atoms with E-state index in [-0.39, 0.29) is 6.54 Å². The Morgan fingerprint density at radius 1 is 0.886 bits per heavy atom. The maximum Gasteiger partial charge on any atom is 0.330 e. The Hall–Kier alpha value is -2.58. The minimum atomic E-state index is -1.57. The lowest BCUT2D eigenvalue weighted by molar-refractivity contribution is -0.140. The zero-order valence-corrected chi connectivity index (χ0v) is 26.3. The van der Waals surface area contributed by atoms with Gasteiger partial charge in [0.1, 0.15) is 36.7 Å². The van der Waals surface area contributed by atoms with Gasteiger partial charge in [0, 0.05) is 32.3 Å². The smallest absolute Gasteiger partial charge is 0.330 e. The molecule has 3 heterocycles. The van der Waals surface area contributed by atoms with Crippen molar-refractivity contribution in [3.05, 3.63) is 33.1 Å². The number of carbonyl (C=O) groups is 2. The molecule has 0 saturated carbocycles. The van der Waals surface area contributed by atoms with Gasteiger partial charge >= 0.3 is 5.69 Å². The van der Waals surface area contributed by atoms with Gasteiger partial charge in [0.2, 0.25) is 11.8 Å². The second-order valence-electron chi connectivity index (χ2n) is 12.0. The van der Waals surface area contributed by atoms with Crippen LogP contribution < -0.4 is 22.3 Å². The molecule has 0 aromatic carbocycles. The molecule has 0 aliphatic carbocycles. The summed E-state index contributed by atoms with van der Waals surface area (Å²) < 4.78 is 12.8. The van der Waals surface area contributed by atoms with E-state index in [1.165, 1.54) is 76.0 Å². The molecule has 250 valence electrons. The Morgan fingerprint density at radius 3 is 1.98 bits per heavy atom. The van der Waals surface area contributed by atoms with Crippen LogP contribution in [0, 0.1) is 0 Å². The number of amides is 2. The first-order chi connectivity index (χ1) is 21.2. The first-order valence-corrected chi connectivity index (χ1v) is 16.5. The highest BCUT2D eigenvalue weighted by Gasteiger charge is 2.57. The summed E-state index contributed by atoms with van der Waals surface area (Å²) in [4.78, 5) is 53.1. The highest BCUT2D eigenvalue weighted by atomic mass is 16.6. The molecule has 13 heteroatoms. The molecular formula is C31H53N5O8. The van der Waals surface area contributed by atoms with Crippen molar-refractivity contribution in [2.75, 3.05) is 13.1 Å². The summed E-state index contributed by atoms with van der Waals surface area (Å²) >= 11 is 0.